The molecule has 1 aliphatic carbocycles. The fraction of sp³-hybridized carbons (Fsp3) is 0.270. The van der Waals surface area contributed by atoms with Crippen molar-refractivity contribution in [2.24, 2.45) is 0 Å². The molecule has 1 N–H and O–H groups in total. The van der Waals surface area contributed by atoms with Crippen molar-refractivity contribution < 1.29 is 13.2 Å². The highest BCUT2D eigenvalue weighted by molar-refractivity contribution is 5.65. The Hall–Kier alpha value is -4.32. The molecular formula is C37H36F3N3. The third kappa shape index (κ3) is 6.69. The monoisotopic (exact) mass is 579 g/mol. The molecule has 1 saturated carbocycles. The van der Waals surface area contributed by atoms with Crippen LogP contribution in [-0.2, 0) is 12.6 Å². The Morgan fingerprint density at radius 1 is 0.744 bits per heavy atom. The number of nitrogens with one attached hydrogen (secondary N) is 1. The summed E-state index contributed by atoms with van der Waals surface area (Å²) in [6.07, 6.45) is 4.73. The summed E-state index contributed by atoms with van der Waals surface area (Å²) in [5.74, 6) is 1.51. The van der Waals surface area contributed by atoms with E-state index >= 15 is 0 Å². The van der Waals surface area contributed by atoms with Gasteiger partial charge in [0.1, 0.15) is 5.82 Å². The molecule has 6 rings (SSSR count). The summed E-state index contributed by atoms with van der Waals surface area (Å²) in [4.78, 5) is 4.90. The Bertz CT molecular complexity index is 1630. The van der Waals surface area contributed by atoms with Gasteiger partial charge in [-0.05, 0) is 84.3 Å². The summed E-state index contributed by atoms with van der Waals surface area (Å²) in [5.41, 5.74) is 7.52. The molecule has 5 aromatic rings. The Balaban J connectivity index is 1.26. The van der Waals surface area contributed by atoms with Crippen LogP contribution < -0.4 is 5.32 Å². The van der Waals surface area contributed by atoms with E-state index in [1.165, 1.54) is 60.9 Å². The quantitative estimate of drug-likeness (QED) is 0.198. The number of aromatic nitrogens is 2. The number of hydrogen-bond donors (Lipinski definition) is 1. The molecule has 0 unspecified atom stereocenters. The maximum atomic E-state index is 13.1. The van der Waals surface area contributed by atoms with Gasteiger partial charge in [0.15, 0.2) is 0 Å². The van der Waals surface area contributed by atoms with Crippen LogP contribution in [0.15, 0.2) is 103 Å². The summed E-state index contributed by atoms with van der Waals surface area (Å²) < 4.78 is 41.5. The largest absolute Gasteiger partial charge is 0.416 e. The first-order valence-electron chi connectivity index (χ1n) is 15.2. The second-order valence-corrected chi connectivity index (χ2v) is 11.4. The van der Waals surface area contributed by atoms with Crippen LogP contribution in [0.25, 0.3) is 28.1 Å². The molecule has 0 amide bonds. The normalized spacial score (nSPS) is 14.1. The van der Waals surface area contributed by atoms with Crippen LogP contribution in [0.2, 0.25) is 0 Å². The van der Waals surface area contributed by atoms with E-state index in [-0.39, 0.29) is 0 Å². The van der Waals surface area contributed by atoms with E-state index in [0.717, 1.165) is 41.4 Å². The fourth-order valence-corrected chi connectivity index (χ4v) is 6.06. The van der Waals surface area contributed by atoms with Gasteiger partial charge in [-0.3, -0.25) is 0 Å². The zero-order valence-corrected chi connectivity index (χ0v) is 24.4. The van der Waals surface area contributed by atoms with E-state index in [4.69, 9.17) is 4.98 Å². The summed E-state index contributed by atoms with van der Waals surface area (Å²) >= 11 is 0. The second kappa shape index (κ2) is 12.5. The van der Waals surface area contributed by atoms with Crippen molar-refractivity contribution in [3.63, 3.8) is 0 Å². The zero-order chi connectivity index (χ0) is 29.8. The van der Waals surface area contributed by atoms with Gasteiger partial charge < -0.3 is 9.88 Å². The lowest BCUT2D eigenvalue weighted by Gasteiger charge is -2.22. The molecule has 1 aromatic heterocycles. The molecule has 0 radical (unpaired) electrons. The molecule has 3 nitrogen and oxygen atoms in total. The Morgan fingerprint density at radius 2 is 1.35 bits per heavy atom. The molecule has 220 valence electrons. The van der Waals surface area contributed by atoms with Crippen molar-refractivity contribution in [3.8, 4) is 28.1 Å². The van der Waals surface area contributed by atoms with Crippen LogP contribution in [0.4, 0.5) is 18.9 Å². The minimum absolute atomic E-state index is 0.580. The average Bonchev–Trinajstić information content (AvgIpc) is 3.46. The molecule has 0 saturated heterocycles. The number of anilines is 1. The van der Waals surface area contributed by atoms with Crippen molar-refractivity contribution >= 4 is 5.69 Å². The predicted octanol–water partition coefficient (Wildman–Crippen LogP) is 10.3. The standard InChI is InChI=1S/C37H36F3N3/c1-2-41-33-20-22-34(23-21-33)43-25-35(31-16-18-32(19-17-31)37(38,39)40)42-36(43)24-26-8-10-28(11-9-26)30-14-12-29(13-15-30)27-6-4-3-5-7-27/h8-23,25,27,41H,2-7,24H2,1H3. The van der Waals surface area contributed by atoms with Gasteiger partial charge in [-0.15, -0.1) is 0 Å². The Labute approximate surface area is 251 Å². The lowest BCUT2D eigenvalue weighted by Crippen LogP contribution is -2.04. The highest BCUT2D eigenvalue weighted by Gasteiger charge is 2.30. The highest BCUT2D eigenvalue weighted by Crippen LogP contribution is 2.34. The summed E-state index contributed by atoms with van der Waals surface area (Å²) in [5, 5.41) is 3.31. The smallest absolute Gasteiger partial charge is 0.385 e. The van der Waals surface area contributed by atoms with Crippen molar-refractivity contribution in [1.29, 1.82) is 0 Å². The zero-order valence-electron chi connectivity index (χ0n) is 24.4. The second-order valence-electron chi connectivity index (χ2n) is 11.4. The van der Waals surface area contributed by atoms with Gasteiger partial charge in [-0.2, -0.15) is 13.2 Å². The maximum absolute atomic E-state index is 13.1. The van der Waals surface area contributed by atoms with E-state index in [0.29, 0.717) is 23.6 Å². The van der Waals surface area contributed by atoms with E-state index in [1.807, 2.05) is 35.0 Å². The average molecular weight is 580 g/mol. The van der Waals surface area contributed by atoms with Crippen molar-refractivity contribution in [2.75, 3.05) is 11.9 Å². The van der Waals surface area contributed by atoms with Crippen LogP contribution in [0.5, 0.6) is 0 Å². The van der Waals surface area contributed by atoms with Gasteiger partial charge in [-0.1, -0.05) is 79.9 Å². The van der Waals surface area contributed by atoms with E-state index in [1.54, 1.807) is 0 Å². The van der Waals surface area contributed by atoms with Gasteiger partial charge >= 0.3 is 6.18 Å². The molecule has 0 bridgehead atoms. The molecule has 1 fully saturated rings. The van der Waals surface area contributed by atoms with Crippen molar-refractivity contribution in [1.82, 2.24) is 9.55 Å². The predicted molar refractivity (Wildman–Crippen MR) is 169 cm³/mol. The van der Waals surface area contributed by atoms with Crippen LogP contribution >= 0.6 is 0 Å². The van der Waals surface area contributed by atoms with Gasteiger partial charge in [0, 0.05) is 36.1 Å². The third-order valence-electron chi connectivity index (χ3n) is 8.45. The number of nitrogens with zero attached hydrogens (tertiary/aromatic N) is 2. The van der Waals surface area contributed by atoms with Crippen LogP contribution in [0.1, 0.15) is 67.5 Å². The van der Waals surface area contributed by atoms with Crippen molar-refractivity contribution in [2.45, 2.75) is 57.5 Å². The first-order chi connectivity index (χ1) is 20.9. The van der Waals surface area contributed by atoms with Gasteiger partial charge in [0.2, 0.25) is 0 Å². The summed E-state index contributed by atoms with van der Waals surface area (Å²) in [6, 6.07) is 30.9. The number of imidazole rings is 1. The lowest BCUT2D eigenvalue weighted by molar-refractivity contribution is -0.137. The van der Waals surface area contributed by atoms with E-state index in [2.05, 4.69) is 60.8 Å². The minimum Gasteiger partial charge on any atom is -0.385 e. The van der Waals surface area contributed by atoms with Crippen LogP contribution in [-0.4, -0.2) is 16.1 Å². The lowest BCUT2D eigenvalue weighted by atomic mass is 9.83. The number of hydrogen-bond acceptors (Lipinski definition) is 2. The molecule has 43 heavy (non-hydrogen) atoms. The minimum atomic E-state index is -4.37. The molecule has 0 aliphatic heterocycles. The number of rotatable bonds is 8. The van der Waals surface area contributed by atoms with Crippen LogP contribution in [0.3, 0.4) is 0 Å². The van der Waals surface area contributed by atoms with E-state index < -0.39 is 11.7 Å². The number of halogens is 3. The first-order valence-corrected chi connectivity index (χ1v) is 15.2. The van der Waals surface area contributed by atoms with E-state index in [9.17, 15) is 13.2 Å². The molecule has 6 heteroatoms. The number of benzene rings is 4. The summed E-state index contributed by atoms with van der Waals surface area (Å²) in [6.45, 7) is 2.88. The number of alkyl halides is 3. The molecule has 1 heterocycles. The van der Waals surface area contributed by atoms with Gasteiger partial charge in [0.05, 0.1) is 11.3 Å². The van der Waals surface area contributed by atoms with Crippen LogP contribution in [0, 0.1) is 0 Å². The summed E-state index contributed by atoms with van der Waals surface area (Å²) in [7, 11) is 0. The Kier molecular flexibility index (Phi) is 8.37. The first kappa shape index (κ1) is 28.8. The fourth-order valence-electron chi connectivity index (χ4n) is 6.06. The van der Waals surface area contributed by atoms with Gasteiger partial charge in [-0.25, -0.2) is 4.98 Å². The molecule has 1 aliphatic rings. The maximum Gasteiger partial charge on any atom is 0.416 e. The SMILES string of the molecule is CCNc1ccc(-n2cc(-c3ccc(C(F)(F)F)cc3)nc2Cc2ccc(-c3ccc(C4CCCCC4)cc3)cc2)cc1. The molecular weight excluding hydrogens is 543 g/mol. The highest BCUT2D eigenvalue weighted by atomic mass is 19.4. The molecule has 4 aromatic carbocycles. The molecule has 0 atom stereocenters. The third-order valence-corrected chi connectivity index (χ3v) is 8.45. The molecule has 0 spiro atoms. The Morgan fingerprint density at radius 3 is 1.95 bits per heavy atom. The topological polar surface area (TPSA) is 29.9 Å². The van der Waals surface area contributed by atoms with Crippen molar-refractivity contribution in [3.05, 3.63) is 126 Å². The van der Waals surface area contributed by atoms with Gasteiger partial charge in [0.25, 0.3) is 0 Å².